The number of benzene rings is 1. The molecule has 176 valence electrons. The van der Waals surface area contributed by atoms with Crippen molar-refractivity contribution < 1.29 is 9.59 Å². The van der Waals surface area contributed by atoms with Crippen LogP contribution in [0.25, 0.3) is 0 Å². The van der Waals surface area contributed by atoms with E-state index in [0.29, 0.717) is 47.4 Å². The van der Waals surface area contributed by atoms with Gasteiger partial charge in [-0.15, -0.1) is 0 Å². The fourth-order valence-corrected chi connectivity index (χ4v) is 10.2. The number of thioether (sulfide) groups is 1. The molecule has 4 fully saturated rings. The first-order chi connectivity index (χ1) is 15.7. The molecule has 5 aliphatic rings. The number of rotatable bonds is 1. The van der Waals surface area contributed by atoms with Crippen molar-refractivity contribution in [3.05, 3.63) is 29.3 Å². The lowest BCUT2D eigenvalue weighted by molar-refractivity contribution is -0.146. The van der Waals surface area contributed by atoms with E-state index < -0.39 is 0 Å². The molecule has 1 aromatic rings. The van der Waals surface area contributed by atoms with E-state index in [9.17, 15) is 9.59 Å². The second-order valence-corrected chi connectivity index (χ2v) is 13.2. The number of amidine groups is 1. The molecule has 0 radical (unpaired) electrons. The fourth-order valence-electron chi connectivity index (χ4n) is 8.67. The van der Waals surface area contributed by atoms with Crippen LogP contribution in [0, 0.1) is 42.4 Å². The molecule has 0 unspecified atom stereocenters. The van der Waals surface area contributed by atoms with E-state index >= 15 is 0 Å². The highest BCUT2D eigenvalue weighted by Crippen LogP contribution is 2.70. The summed E-state index contributed by atoms with van der Waals surface area (Å²) in [6.07, 6.45) is 7.27. The maximum atomic E-state index is 12.9. The SMILES string of the molecule is Cc1ccc(NC2=N[C@]34CC(=O)CC[C@]3(C)[C@H]3CC[C@]5(C)C(=O)CC[C@H]5[C@@H]3C[C@@H]4S2)c(C)c1. The maximum Gasteiger partial charge on any atom is 0.162 e. The highest BCUT2D eigenvalue weighted by Gasteiger charge is 2.69. The summed E-state index contributed by atoms with van der Waals surface area (Å²) in [5, 5.41) is 4.94. The van der Waals surface area contributed by atoms with Gasteiger partial charge in [-0.25, -0.2) is 0 Å². The van der Waals surface area contributed by atoms with Crippen LogP contribution >= 0.6 is 11.8 Å². The molecule has 0 bridgehead atoms. The van der Waals surface area contributed by atoms with Crippen LogP contribution in [-0.2, 0) is 9.59 Å². The molecule has 1 heterocycles. The number of nitrogens with zero attached hydrogens (tertiary/aromatic N) is 1. The molecule has 1 aliphatic heterocycles. The summed E-state index contributed by atoms with van der Waals surface area (Å²) in [6.45, 7) is 8.96. The Bertz CT molecular complexity index is 1080. The Hall–Kier alpha value is -1.62. The smallest absolute Gasteiger partial charge is 0.162 e. The summed E-state index contributed by atoms with van der Waals surface area (Å²) in [7, 11) is 0. The van der Waals surface area contributed by atoms with Gasteiger partial charge < -0.3 is 5.32 Å². The number of aryl methyl sites for hydroxylation is 2. The minimum absolute atomic E-state index is 0.0280. The second kappa shape index (κ2) is 7.19. The number of hydrogen-bond donors (Lipinski definition) is 1. The van der Waals surface area contributed by atoms with E-state index in [1.807, 2.05) is 11.8 Å². The first kappa shape index (κ1) is 21.9. The minimum atomic E-state index is -0.300. The summed E-state index contributed by atoms with van der Waals surface area (Å²) in [5.74, 6) is 2.53. The number of ketones is 2. The third-order valence-corrected chi connectivity index (χ3v) is 11.8. The average Bonchev–Trinajstić information content (AvgIpc) is 3.26. The van der Waals surface area contributed by atoms with Gasteiger partial charge in [-0.3, -0.25) is 14.6 Å². The topological polar surface area (TPSA) is 58.5 Å². The first-order valence-corrected chi connectivity index (χ1v) is 13.7. The molecular weight excluding hydrogens is 428 g/mol. The quantitative estimate of drug-likeness (QED) is 0.545. The molecule has 4 nitrogen and oxygen atoms in total. The van der Waals surface area contributed by atoms with Crippen molar-refractivity contribution in [3.63, 3.8) is 0 Å². The molecule has 7 atom stereocenters. The largest absolute Gasteiger partial charge is 0.335 e. The Morgan fingerprint density at radius 1 is 1.06 bits per heavy atom. The van der Waals surface area contributed by atoms with Crippen LogP contribution in [0.4, 0.5) is 5.69 Å². The number of carbonyl (C=O) groups is 2. The third-order valence-electron chi connectivity index (χ3n) is 10.5. The fraction of sp³-hybridized carbons (Fsp3) is 0.679. The Balaban J connectivity index is 1.39. The first-order valence-electron chi connectivity index (χ1n) is 12.8. The van der Waals surface area contributed by atoms with E-state index in [-0.39, 0.29) is 16.4 Å². The zero-order valence-electron chi connectivity index (χ0n) is 20.4. The Kier molecular flexibility index (Phi) is 4.77. The number of carbonyl (C=O) groups excluding carboxylic acids is 2. The molecule has 4 saturated carbocycles. The molecule has 5 heteroatoms. The zero-order chi connectivity index (χ0) is 23.2. The van der Waals surface area contributed by atoms with Crippen molar-refractivity contribution in [1.29, 1.82) is 0 Å². The van der Waals surface area contributed by atoms with E-state index in [2.05, 4.69) is 51.2 Å². The minimum Gasteiger partial charge on any atom is -0.335 e. The molecule has 0 aromatic heterocycles. The Morgan fingerprint density at radius 3 is 2.67 bits per heavy atom. The summed E-state index contributed by atoms with van der Waals surface area (Å²) in [4.78, 5) is 31.1. The number of Topliss-reactive ketones (excluding diaryl/α,β-unsaturated/α-hetero) is 2. The van der Waals surface area contributed by atoms with Gasteiger partial charge in [0, 0.05) is 35.6 Å². The van der Waals surface area contributed by atoms with Crippen LogP contribution in [0.3, 0.4) is 0 Å². The van der Waals surface area contributed by atoms with Crippen LogP contribution in [0.1, 0.15) is 76.3 Å². The highest BCUT2D eigenvalue weighted by molar-refractivity contribution is 8.15. The van der Waals surface area contributed by atoms with E-state index in [1.165, 1.54) is 11.1 Å². The molecule has 0 saturated heterocycles. The van der Waals surface area contributed by atoms with Gasteiger partial charge in [-0.1, -0.05) is 43.3 Å². The number of fused-ring (bicyclic) bond motifs is 4. The lowest BCUT2D eigenvalue weighted by Gasteiger charge is -2.63. The molecule has 1 N–H and O–H groups in total. The third kappa shape index (κ3) is 2.93. The second-order valence-electron chi connectivity index (χ2n) is 12.1. The average molecular weight is 465 g/mol. The number of hydrogen-bond acceptors (Lipinski definition) is 5. The zero-order valence-corrected chi connectivity index (χ0v) is 21.2. The van der Waals surface area contributed by atoms with Crippen molar-refractivity contribution in [2.75, 3.05) is 5.32 Å². The number of aliphatic imine (C=N–C) groups is 1. The Labute approximate surface area is 201 Å². The number of nitrogens with one attached hydrogen (secondary N) is 1. The van der Waals surface area contributed by atoms with E-state index in [4.69, 9.17) is 4.99 Å². The van der Waals surface area contributed by atoms with Gasteiger partial charge in [-0.2, -0.15) is 0 Å². The van der Waals surface area contributed by atoms with E-state index in [1.54, 1.807) is 0 Å². The van der Waals surface area contributed by atoms with Crippen LogP contribution in [-0.4, -0.2) is 27.5 Å². The van der Waals surface area contributed by atoms with Crippen molar-refractivity contribution in [1.82, 2.24) is 0 Å². The monoisotopic (exact) mass is 464 g/mol. The van der Waals surface area contributed by atoms with Gasteiger partial charge in [-0.05, 0) is 80.8 Å². The van der Waals surface area contributed by atoms with E-state index in [0.717, 1.165) is 49.4 Å². The van der Waals surface area contributed by atoms with Gasteiger partial charge in [0.15, 0.2) is 5.17 Å². The highest BCUT2D eigenvalue weighted by atomic mass is 32.2. The molecular formula is C28H36N2O2S. The van der Waals surface area contributed by atoms with Gasteiger partial charge in [0.2, 0.25) is 0 Å². The van der Waals surface area contributed by atoms with Gasteiger partial charge in [0.05, 0.1) is 5.54 Å². The van der Waals surface area contributed by atoms with Gasteiger partial charge >= 0.3 is 0 Å². The molecule has 6 rings (SSSR count). The molecule has 1 aromatic carbocycles. The van der Waals surface area contributed by atoms with Gasteiger partial charge in [0.1, 0.15) is 11.6 Å². The molecule has 0 amide bonds. The van der Waals surface area contributed by atoms with Crippen LogP contribution in [0.15, 0.2) is 23.2 Å². The van der Waals surface area contributed by atoms with Crippen molar-refractivity contribution in [3.8, 4) is 0 Å². The number of anilines is 1. The summed E-state index contributed by atoms with van der Waals surface area (Å²) in [6, 6.07) is 6.49. The normalized spacial score (nSPS) is 43.9. The lowest BCUT2D eigenvalue weighted by Crippen LogP contribution is -2.65. The lowest BCUT2D eigenvalue weighted by atomic mass is 9.42. The summed E-state index contributed by atoms with van der Waals surface area (Å²) in [5.41, 5.74) is 3.20. The Morgan fingerprint density at radius 2 is 1.88 bits per heavy atom. The van der Waals surface area contributed by atoms with Crippen LogP contribution in [0.5, 0.6) is 0 Å². The van der Waals surface area contributed by atoms with Crippen LogP contribution < -0.4 is 5.32 Å². The predicted molar refractivity (Wildman–Crippen MR) is 135 cm³/mol. The molecule has 33 heavy (non-hydrogen) atoms. The van der Waals surface area contributed by atoms with Crippen molar-refractivity contribution in [2.24, 2.45) is 33.6 Å². The van der Waals surface area contributed by atoms with Crippen molar-refractivity contribution >= 4 is 34.2 Å². The molecule has 1 spiro atoms. The predicted octanol–water partition coefficient (Wildman–Crippen LogP) is 6.10. The maximum absolute atomic E-state index is 12.9. The van der Waals surface area contributed by atoms with Crippen molar-refractivity contribution in [2.45, 2.75) is 89.9 Å². The summed E-state index contributed by atoms with van der Waals surface area (Å²) < 4.78 is 0. The molecule has 4 aliphatic carbocycles. The van der Waals surface area contributed by atoms with Crippen LogP contribution in [0.2, 0.25) is 0 Å². The van der Waals surface area contributed by atoms with Gasteiger partial charge in [0.25, 0.3) is 0 Å². The standard InChI is InChI=1S/C28H36N2O2S/c1-16-5-7-22(17(2)13-16)29-25-30-28-15-18(31)9-12-27(28,4)21-10-11-26(3)20(6-8-23(26)32)19(21)14-24(28)33-25/h5,7,13,19-21,24H,6,8-12,14-15H2,1-4H3,(H,29,30)/t19-,20-,21-,24-,26-,27+,28-/m0/s1. The summed E-state index contributed by atoms with van der Waals surface area (Å²) >= 11 is 1.87.